The van der Waals surface area contributed by atoms with Crippen LogP contribution in [0.15, 0.2) is 0 Å². The first-order valence-corrected chi connectivity index (χ1v) is 5.31. The van der Waals surface area contributed by atoms with Crippen LogP contribution in [0.2, 0.25) is 0 Å². The zero-order valence-electron chi connectivity index (χ0n) is 9.49. The molecule has 1 saturated heterocycles. The lowest BCUT2D eigenvalue weighted by Gasteiger charge is -2.21. The Morgan fingerprint density at radius 2 is 2.19 bits per heavy atom. The standard InChI is InChI=1S/C10H18N2O4/c1-6-3-4-11-7(6)8(13)12-5-10(2,16)9(14)15/h6-7,11,16H,3-5H2,1-2H3,(H,12,13)(H,14,15). The largest absolute Gasteiger partial charge is 0.479 e. The molecule has 0 aromatic rings. The molecule has 1 heterocycles. The minimum absolute atomic E-state index is 0.231. The molecule has 1 rings (SSSR count). The van der Waals surface area contributed by atoms with Gasteiger partial charge in [0.1, 0.15) is 0 Å². The Bertz CT molecular complexity index is 291. The van der Waals surface area contributed by atoms with Crippen molar-refractivity contribution in [2.24, 2.45) is 5.92 Å². The number of rotatable bonds is 4. The van der Waals surface area contributed by atoms with Crippen LogP contribution in [0.1, 0.15) is 20.3 Å². The van der Waals surface area contributed by atoms with Gasteiger partial charge in [0.05, 0.1) is 12.6 Å². The van der Waals surface area contributed by atoms with E-state index in [1.807, 2.05) is 6.92 Å². The third-order valence-electron chi connectivity index (χ3n) is 2.88. The summed E-state index contributed by atoms with van der Waals surface area (Å²) in [6.45, 7) is 3.61. The van der Waals surface area contributed by atoms with Gasteiger partial charge in [-0.25, -0.2) is 4.79 Å². The summed E-state index contributed by atoms with van der Waals surface area (Å²) in [6.07, 6.45) is 0.924. The Morgan fingerprint density at radius 3 is 2.62 bits per heavy atom. The molecule has 0 spiro atoms. The molecule has 3 unspecified atom stereocenters. The van der Waals surface area contributed by atoms with Crippen molar-refractivity contribution in [1.82, 2.24) is 10.6 Å². The van der Waals surface area contributed by atoms with Crippen LogP contribution in [0, 0.1) is 5.92 Å². The van der Waals surface area contributed by atoms with Crippen molar-refractivity contribution in [3.05, 3.63) is 0 Å². The number of carbonyl (C=O) groups is 2. The lowest BCUT2D eigenvalue weighted by atomic mass is 10.0. The van der Waals surface area contributed by atoms with Crippen LogP contribution in [0.5, 0.6) is 0 Å². The number of hydrogen-bond acceptors (Lipinski definition) is 4. The molecule has 92 valence electrons. The van der Waals surface area contributed by atoms with Crippen molar-refractivity contribution in [2.75, 3.05) is 13.1 Å². The molecule has 0 bridgehead atoms. The minimum Gasteiger partial charge on any atom is -0.479 e. The number of carboxylic acid groups (broad SMARTS) is 1. The maximum absolute atomic E-state index is 11.6. The van der Waals surface area contributed by atoms with Gasteiger partial charge in [-0.3, -0.25) is 4.79 Å². The maximum Gasteiger partial charge on any atom is 0.337 e. The molecular formula is C10H18N2O4. The monoisotopic (exact) mass is 230 g/mol. The summed E-state index contributed by atoms with van der Waals surface area (Å²) in [5.74, 6) is -1.37. The summed E-state index contributed by atoms with van der Waals surface area (Å²) in [7, 11) is 0. The molecule has 3 atom stereocenters. The van der Waals surface area contributed by atoms with E-state index in [0.29, 0.717) is 0 Å². The molecule has 0 saturated carbocycles. The normalized spacial score (nSPS) is 28.4. The van der Waals surface area contributed by atoms with Crippen molar-refractivity contribution in [3.8, 4) is 0 Å². The molecule has 6 heteroatoms. The minimum atomic E-state index is -1.92. The van der Waals surface area contributed by atoms with Crippen LogP contribution in [-0.2, 0) is 9.59 Å². The summed E-state index contributed by atoms with van der Waals surface area (Å²) in [5.41, 5.74) is -1.92. The van der Waals surface area contributed by atoms with Gasteiger partial charge in [-0.1, -0.05) is 6.92 Å². The van der Waals surface area contributed by atoms with Crippen molar-refractivity contribution in [1.29, 1.82) is 0 Å². The van der Waals surface area contributed by atoms with E-state index in [1.165, 1.54) is 0 Å². The third-order valence-corrected chi connectivity index (χ3v) is 2.88. The average molecular weight is 230 g/mol. The Balaban J connectivity index is 2.44. The van der Waals surface area contributed by atoms with Gasteiger partial charge >= 0.3 is 5.97 Å². The van der Waals surface area contributed by atoms with Crippen molar-refractivity contribution in [3.63, 3.8) is 0 Å². The Morgan fingerprint density at radius 1 is 1.56 bits per heavy atom. The van der Waals surface area contributed by atoms with Crippen LogP contribution < -0.4 is 10.6 Å². The second-order valence-electron chi connectivity index (χ2n) is 4.49. The summed E-state index contributed by atoms with van der Waals surface area (Å²) >= 11 is 0. The summed E-state index contributed by atoms with van der Waals surface area (Å²) < 4.78 is 0. The quantitative estimate of drug-likeness (QED) is 0.493. The average Bonchev–Trinajstić information content (AvgIpc) is 2.61. The molecule has 6 nitrogen and oxygen atoms in total. The first-order chi connectivity index (χ1) is 7.34. The highest BCUT2D eigenvalue weighted by atomic mass is 16.4. The third kappa shape index (κ3) is 2.93. The molecule has 1 aliphatic heterocycles. The predicted octanol–water partition coefficient (Wildman–Crippen LogP) is -1.06. The van der Waals surface area contributed by atoms with E-state index in [4.69, 9.17) is 5.11 Å². The van der Waals surface area contributed by atoms with Gasteiger partial charge in [0.25, 0.3) is 0 Å². The molecule has 1 fully saturated rings. The number of nitrogens with one attached hydrogen (secondary N) is 2. The second-order valence-corrected chi connectivity index (χ2v) is 4.49. The SMILES string of the molecule is CC1CCNC1C(=O)NCC(C)(O)C(=O)O. The van der Waals surface area contributed by atoms with Crippen molar-refractivity contribution < 1.29 is 19.8 Å². The first kappa shape index (κ1) is 12.9. The molecule has 0 aromatic heterocycles. The van der Waals surface area contributed by atoms with E-state index < -0.39 is 11.6 Å². The second kappa shape index (κ2) is 4.80. The predicted molar refractivity (Wildman–Crippen MR) is 56.8 cm³/mol. The highest BCUT2D eigenvalue weighted by Crippen LogP contribution is 2.14. The van der Waals surface area contributed by atoms with Crippen LogP contribution in [0.25, 0.3) is 0 Å². The van der Waals surface area contributed by atoms with E-state index in [-0.39, 0.29) is 24.4 Å². The van der Waals surface area contributed by atoms with Crippen molar-refractivity contribution >= 4 is 11.9 Å². The fraction of sp³-hybridized carbons (Fsp3) is 0.800. The molecular weight excluding hydrogens is 212 g/mol. The van der Waals surface area contributed by atoms with Gasteiger partial charge in [0.15, 0.2) is 5.60 Å². The maximum atomic E-state index is 11.6. The van der Waals surface area contributed by atoms with Crippen LogP contribution in [0.3, 0.4) is 0 Å². The van der Waals surface area contributed by atoms with Gasteiger partial charge < -0.3 is 20.8 Å². The zero-order valence-corrected chi connectivity index (χ0v) is 9.49. The molecule has 1 amide bonds. The smallest absolute Gasteiger partial charge is 0.337 e. The molecule has 1 aliphatic rings. The van der Waals surface area contributed by atoms with E-state index in [2.05, 4.69) is 10.6 Å². The number of carboxylic acids is 1. The number of carbonyl (C=O) groups excluding carboxylic acids is 1. The fourth-order valence-electron chi connectivity index (χ4n) is 1.63. The highest BCUT2D eigenvalue weighted by Gasteiger charge is 2.33. The van der Waals surface area contributed by atoms with Gasteiger partial charge in [0, 0.05) is 0 Å². The number of aliphatic hydroxyl groups is 1. The molecule has 4 N–H and O–H groups in total. The van der Waals surface area contributed by atoms with Gasteiger partial charge in [-0.15, -0.1) is 0 Å². The van der Waals surface area contributed by atoms with Crippen LogP contribution in [-0.4, -0.2) is 46.8 Å². The van der Waals surface area contributed by atoms with E-state index in [9.17, 15) is 14.7 Å². The number of hydrogen-bond donors (Lipinski definition) is 4. The Labute approximate surface area is 94.0 Å². The van der Waals surface area contributed by atoms with Gasteiger partial charge in [0.2, 0.25) is 5.91 Å². The molecule has 0 aliphatic carbocycles. The topological polar surface area (TPSA) is 98.7 Å². The van der Waals surface area contributed by atoms with E-state index in [0.717, 1.165) is 19.9 Å². The highest BCUT2D eigenvalue weighted by molar-refractivity contribution is 5.84. The van der Waals surface area contributed by atoms with E-state index >= 15 is 0 Å². The van der Waals surface area contributed by atoms with E-state index in [1.54, 1.807) is 0 Å². The van der Waals surface area contributed by atoms with Gasteiger partial charge in [-0.2, -0.15) is 0 Å². The molecule has 0 radical (unpaired) electrons. The summed E-state index contributed by atoms with van der Waals surface area (Å²) in [6, 6.07) is -0.287. The molecule has 0 aromatic carbocycles. The first-order valence-electron chi connectivity index (χ1n) is 5.31. The van der Waals surface area contributed by atoms with Crippen LogP contribution >= 0.6 is 0 Å². The summed E-state index contributed by atoms with van der Waals surface area (Å²) in [4.78, 5) is 22.2. The number of amides is 1. The van der Waals surface area contributed by atoms with Crippen LogP contribution in [0.4, 0.5) is 0 Å². The lowest BCUT2D eigenvalue weighted by Crippen LogP contribution is -2.51. The Kier molecular flexibility index (Phi) is 3.88. The molecule has 16 heavy (non-hydrogen) atoms. The Hall–Kier alpha value is -1.14. The fourth-order valence-corrected chi connectivity index (χ4v) is 1.63. The number of aliphatic carboxylic acids is 1. The van der Waals surface area contributed by atoms with Crippen molar-refractivity contribution in [2.45, 2.75) is 31.9 Å². The zero-order chi connectivity index (χ0) is 12.3. The summed E-state index contributed by atoms with van der Waals surface area (Å²) in [5, 5.41) is 23.5. The van der Waals surface area contributed by atoms with Gasteiger partial charge in [-0.05, 0) is 25.8 Å². The lowest BCUT2D eigenvalue weighted by molar-refractivity contribution is -0.156.